The van der Waals surface area contributed by atoms with Crippen LogP contribution in [0.1, 0.15) is 43.0 Å². The van der Waals surface area contributed by atoms with Crippen molar-refractivity contribution in [3.05, 3.63) is 21.9 Å². The second-order valence-electron chi connectivity index (χ2n) is 5.05. The van der Waals surface area contributed by atoms with Crippen molar-refractivity contribution in [1.29, 1.82) is 0 Å². The molecule has 0 spiro atoms. The zero-order valence-electron chi connectivity index (χ0n) is 11.8. The minimum absolute atomic E-state index is 0.484. The summed E-state index contributed by atoms with van der Waals surface area (Å²) in [6.45, 7) is 11.2. The second-order valence-corrected chi connectivity index (χ2v) is 6.37. The van der Waals surface area contributed by atoms with E-state index >= 15 is 0 Å². The van der Waals surface area contributed by atoms with E-state index in [-0.39, 0.29) is 0 Å². The summed E-state index contributed by atoms with van der Waals surface area (Å²) in [4.78, 5) is 5.23. The number of thiophene rings is 1. The smallest absolute Gasteiger partial charge is 0.0386 e. The molecule has 2 nitrogen and oxygen atoms in total. The average molecular weight is 254 g/mol. The third-order valence-corrected chi connectivity index (χ3v) is 4.39. The second kappa shape index (κ2) is 7.14. The highest BCUT2D eigenvalue weighted by atomic mass is 32.1. The summed E-state index contributed by atoms with van der Waals surface area (Å²) in [5, 5.41) is 3.59. The van der Waals surface area contributed by atoms with Crippen LogP contribution in [-0.4, -0.2) is 31.1 Å². The molecule has 0 saturated carbocycles. The molecule has 0 aromatic carbocycles. The van der Waals surface area contributed by atoms with Crippen LogP contribution in [0.3, 0.4) is 0 Å². The van der Waals surface area contributed by atoms with E-state index < -0.39 is 0 Å². The summed E-state index contributed by atoms with van der Waals surface area (Å²) in [5.74, 6) is 0. The van der Waals surface area contributed by atoms with E-state index in [2.05, 4.69) is 57.1 Å². The fraction of sp³-hybridized carbons (Fsp3) is 0.714. The van der Waals surface area contributed by atoms with Crippen LogP contribution in [0.2, 0.25) is 0 Å². The van der Waals surface area contributed by atoms with Gasteiger partial charge in [-0.05, 0) is 66.4 Å². The monoisotopic (exact) mass is 254 g/mol. The molecule has 0 amide bonds. The highest BCUT2D eigenvalue weighted by molar-refractivity contribution is 7.12. The van der Waals surface area contributed by atoms with Gasteiger partial charge in [-0.2, -0.15) is 0 Å². The van der Waals surface area contributed by atoms with Crippen molar-refractivity contribution in [1.82, 2.24) is 10.2 Å². The largest absolute Gasteiger partial charge is 0.309 e. The Morgan fingerprint density at radius 2 is 2.00 bits per heavy atom. The van der Waals surface area contributed by atoms with Gasteiger partial charge >= 0.3 is 0 Å². The first-order chi connectivity index (χ1) is 8.00. The average Bonchev–Trinajstić information content (AvgIpc) is 2.70. The van der Waals surface area contributed by atoms with Crippen LogP contribution in [0.15, 0.2) is 12.1 Å². The number of nitrogens with one attached hydrogen (secondary N) is 1. The summed E-state index contributed by atoms with van der Waals surface area (Å²) in [6, 6.07) is 5.56. The summed E-state index contributed by atoms with van der Waals surface area (Å²) in [7, 11) is 2.19. The Hall–Kier alpha value is -0.380. The van der Waals surface area contributed by atoms with Gasteiger partial charge < -0.3 is 10.2 Å². The Labute approximate surface area is 110 Å². The minimum atomic E-state index is 0.484. The molecule has 0 bridgehead atoms. The van der Waals surface area contributed by atoms with Gasteiger partial charge in [0.1, 0.15) is 0 Å². The van der Waals surface area contributed by atoms with Crippen LogP contribution in [0.25, 0.3) is 0 Å². The molecule has 0 aliphatic carbocycles. The number of nitrogens with zero attached hydrogens (tertiary/aromatic N) is 1. The molecule has 1 aromatic rings. The molecule has 17 heavy (non-hydrogen) atoms. The molecule has 0 aliphatic heterocycles. The first kappa shape index (κ1) is 14.7. The molecule has 1 rings (SSSR count). The quantitative estimate of drug-likeness (QED) is 0.750. The van der Waals surface area contributed by atoms with Gasteiger partial charge in [-0.25, -0.2) is 0 Å². The fourth-order valence-electron chi connectivity index (χ4n) is 1.69. The molecular formula is C14H26N2S. The van der Waals surface area contributed by atoms with Gasteiger partial charge in [-0.1, -0.05) is 0 Å². The lowest BCUT2D eigenvalue weighted by molar-refractivity contribution is 0.268. The lowest BCUT2D eigenvalue weighted by Crippen LogP contribution is -2.30. The Bertz CT molecular complexity index is 320. The molecule has 1 aromatic heterocycles. The van der Waals surface area contributed by atoms with Gasteiger partial charge in [0.2, 0.25) is 0 Å². The molecule has 0 fully saturated rings. The van der Waals surface area contributed by atoms with E-state index in [0.717, 1.165) is 6.54 Å². The molecular weight excluding hydrogens is 228 g/mol. The Kier molecular flexibility index (Phi) is 6.17. The van der Waals surface area contributed by atoms with Gasteiger partial charge in [-0.3, -0.25) is 0 Å². The van der Waals surface area contributed by atoms with Crippen molar-refractivity contribution < 1.29 is 0 Å². The topological polar surface area (TPSA) is 15.3 Å². The highest BCUT2D eigenvalue weighted by Crippen LogP contribution is 2.21. The minimum Gasteiger partial charge on any atom is -0.309 e. The third kappa shape index (κ3) is 5.19. The van der Waals surface area contributed by atoms with Gasteiger partial charge in [0.05, 0.1) is 0 Å². The molecule has 0 aliphatic rings. The van der Waals surface area contributed by atoms with Crippen molar-refractivity contribution >= 4 is 11.3 Å². The third-order valence-electron chi connectivity index (χ3n) is 3.21. The summed E-state index contributed by atoms with van der Waals surface area (Å²) in [5.41, 5.74) is 0. The van der Waals surface area contributed by atoms with Crippen LogP contribution in [0, 0.1) is 6.92 Å². The standard InChI is InChI=1S/C14H26N2S/c1-11(2)16(5)10-6-9-15-13(4)14-8-7-12(3)17-14/h7-8,11,13,15H,6,9-10H2,1-5H3. The zero-order chi connectivity index (χ0) is 12.8. The van der Waals surface area contributed by atoms with Crippen LogP contribution in [0.5, 0.6) is 0 Å². The molecule has 1 heterocycles. The van der Waals surface area contributed by atoms with E-state index in [1.165, 1.54) is 22.7 Å². The van der Waals surface area contributed by atoms with Crippen molar-refractivity contribution in [2.75, 3.05) is 20.1 Å². The Morgan fingerprint density at radius 3 is 2.53 bits per heavy atom. The molecule has 0 radical (unpaired) electrons. The molecule has 0 saturated heterocycles. The van der Waals surface area contributed by atoms with Crippen LogP contribution >= 0.6 is 11.3 Å². The van der Waals surface area contributed by atoms with Crippen molar-refractivity contribution in [2.24, 2.45) is 0 Å². The lowest BCUT2D eigenvalue weighted by atomic mass is 10.2. The number of hydrogen-bond donors (Lipinski definition) is 1. The lowest BCUT2D eigenvalue weighted by Gasteiger charge is -2.21. The van der Waals surface area contributed by atoms with Crippen LogP contribution in [-0.2, 0) is 0 Å². The fourth-order valence-corrected chi connectivity index (χ4v) is 2.60. The van der Waals surface area contributed by atoms with Gasteiger partial charge in [-0.15, -0.1) is 11.3 Å². The number of hydrogen-bond acceptors (Lipinski definition) is 3. The molecule has 1 atom stereocenters. The van der Waals surface area contributed by atoms with E-state index in [0.29, 0.717) is 12.1 Å². The first-order valence-electron chi connectivity index (χ1n) is 6.50. The number of rotatable bonds is 7. The number of aryl methyl sites for hydroxylation is 1. The maximum atomic E-state index is 3.59. The molecule has 1 N–H and O–H groups in total. The van der Waals surface area contributed by atoms with Gasteiger partial charge in [0.25, 0.3) is 0 Å². The SMILES string of the molecule is Cc1ccc(C(C)NCCCN(C)C(C)C)s1. The maximum absolute atomic E-state index is 3.59. The summed E-state index contributed by atoms with van der Waals surface area (Å²) >= 11 is 1.89. The predicted molar refractivity (Wildman–Crippen MR) is 77.9 cm³/mol. The van der Waals surface area contributed by atoms with Crippen molar-refractivity contribution in [2.45, 2.75) is 46.2 Å². The van der Waals surface area contributed by atoms with Crippen molar-refractivity contribution in [3.8, 4) is 0 Å². The van der Waals surface area contributed by atoms with Crippen molar-refractivity contribution in [3.63, 3.8) is 0 Å². The molecule has 1 unspecified atom stereocenters. The van der Waals surface area contributed by atoms with E-state index in [4.69, 9.17) is 0 Å². The Morgan fingerprint density at radius 1 is 1.29 bits per heavy atom. The summed E-state index contributed by atoms with van der Waals surface area (Å²) in [6.07, 6.45) is 1.21. The predicted octanol–water partition coefficient (Wildman–Crippen LogP) is 3.44. The van der Waals surface area contributed by atoms with Crippen LogP contribution < -0.4 is 5.32 Å². The zero-order valence-corrected chi connectivity index (χ0v) is 12.6. The highest BCUT2D eigenvalue weighted by Gasteiger charge is 2.07. The van der Waals surface area contributed by atoms with E-state index in [1.54, 1.807) is 0 Å². The van der Waals surface area contributed by atoms with Gasteiger partial charge in [0, 0.05) is 21.8 Å². The molecule has 98 valence electrons. The maximum Gasteiger partial charge on any atom is 0.0386 e. The van der Waals surface area contributed by atoms with Gasteiger partial charge in [0.15, 0.2) is 0 Å². The van der Waals surface area contributed by atoms with E-state index in [1.807, 2.05) is 11.3 Å². The van der Waals surface area contributed by atoms with E-state index in [9.17, 15) is 0 Å². The molecule has 3 heteroatoms. The normalized spacial score (nSPS) is 13.6. The Balaban J connectivity index is 2.19. The first-order valence-corrected chi connectivity index (χ1v) is 7.32. The van der Waals surface area contributed by atoms with Crippen LogP contribution in [0.4, 0.5) is 0 Å². The summed E-state index contributed by atoms with van der Waals surface area (Å²) < 4.78 is 0.